The minimum atomic E-state index is -3.91. The van der Waals surface area contributed by atoms with Crippen LogP contribution in [-0.4, -0.2) is 80.1 Å². The molecule has 12 nitrogen and oxygen atoms in total. The van der Waals surface area contributed by atoms with E-state index in [2.05, 4.69) is 5.32 Å². The molecule has 2 heterocycles. The first-order valence-corrected chi connectivity index (χ1v) is 13.8. The maximum absolute atomic E-state index is 13.2. The van der Waals surface area contributed by atoms with Crippen molar-refractivity contribution in [3.63, 3.8) is 0 Å². The van der Waals surface area contributed by atoms with Crippen molar-refractivity contribution in [3.05, 3.63) is 36.4 Å². The highest BCUT2D eigenvalue weighted by Gasteiger charge is 2.30. The molecule has 0 aliphatic carbocycles. The average molecular weight is 528 g/mol. The highest BCUT2D eigenvalue weighted by atomic mass is 32.2. The third-order valence-electron chi connectivity index (χ3n) is 5.37. The largest absolute Gasteiger partial charge is 0.495 e. The standard InChI is InChI=1S/C21H25N3O9S2/c1-30-18-5-3-15(11-20(18)35(28,29)23-7-9-31-10-8-23)22-21(25)13-24(34(2,26)27)16-4-6-17-19(12-16)33-14-32-17/h3-6,11-12H,7-10,13-14H2,1-2H3,(H,22,25). The molecule has 0 unspecified atom stereocenters. The molecule has 14 heteroatoms. The molecule has 2 aromatic carbocycles. The zero-order chi connectivity index (χ0) is 25.2. The summed E-state index contributed by atoms with van der Waals surface area (Å²) in [5, 5.41) is 2.57. The number of anilines is 2. The summed E-state index contributed by atoms with van der Waals surface area (Å²) >= 11 is 0. The third kappa shape index (κ3) is 5.45. The van der Waals surface area contributed by atoms with E-state index in [1.165, 1.54) is 41.7 Å². The molecule has 4 rings (SSSR count). The molecule has 1 saturated heterocycles. The van der Waals surface area contributed by atoms with Crippen LogP contribution in [0.5, 0.6) is 17.2 Å². The molecule has 0 radical (unpaired) electrons. The van der Waals surface area contributed by atoms with Crippen LogP contribution in [0, 0.1) is 0 Å². The number of benzene rings is 2. The van der Waals surface area contributed by atoms with Gasteiger partial charge in [0.25, 0.3) is 0 Å². The Hall–Kier alpha value is -3.07. The number of methoxy groups -OCH3 is 1. The Morgan fingerprint density at radius 2 is 1.77 bits per heavy atom. The fraction of sp³-hybridized carbons (Fsp3) is 0.381. The first kappa shape index (κ1) is 25.0. The van der Waals surface area contributed by atoms with Crippen LogP contribution in [0.25, 0.3) is 0 Å². The first-order valence-electron chi connectivity index (χ1n) is 10.5. The van der Waals surface area contributed by atoms with Gasteiger partial charge < -0.3 is 24.3 Å². The maximum Gasteiger partial charge on any atom is 0.246 e. The number of nitrogens with zero attached hydrogens (tertiary/aromatic N) is 2. The molecule has 0 aromatic heterocycles. The second kappa shape index (κ2) is 9.89. The van der Waals surface area contributed by atoms with E-state index in [1.807, 2.05) is 0 Å². The average Bonchev–Trinajstić information content (AvgIpc) is 3.30. The molecular formula is C21H25N3O9S2. The van der Waals surface area contributed by atoms with Gasteiger partial charge in [0.15, 0.2) is 11.5 Å². The van der Waals surface area contributed by atoms with Crippen molar-refractivity contribution in [2.45, 2.75) is 4.90 Å². The van der Waals surface area contributed by atoms with Crippen molar-refractivity contribution >= 4 is 37.3 Å². The van der Waals surface area contributed by atoms with E-state index < -0.39 is 32.5 Å². The Morgan fingerprint density at radius 3 is 2.46 bits per heavy atom. The Balaban J connectivity index is 1.56. The van der Waals surface area contributed by atoms with Gasteiger partial charge in [-0.1, -0.05) is 0 Å². The molecule has 2 aromatic rings. The Morgan fingerprint density at radius 1 is 1.06 bits per heavy atom. The van der Waals surface area contributed by atoms with Gasteiger partial charge in [-0.05, 0) is 30.3 Å². The van der Waals surface area contributed by atoms with E-state index in [1.54, 1.807) is 6.07 Å². The molecular weight excluding hydrogens is 502 g/mol. The van der Waals surface area contributed by atoms with Gasteiger partial charge in [0.2, 0.25) is 32.7 Å². The summed E-state index contributed by atoms with van der Waals surface area (Å²) in [5.41, 5.74) is 0.388. The van der Waals surface area contributed by atoms with Gasteiger partial charge in [-0.15, -0.1) is 0 Å². The predicted molar refractivity (Wildman–Crippen MR) is 126 cm³/mol. The Labute approximate surface area is 203 Å². The highest BCUT2D eigenvalue weighted by Crippen LogP contribution is 2.36. The summed E-state index contributed by atoms with van der Waals surface area (Å²) in [6.45, 7) is 0.418. The van der Waals surface area contributed by atoms with Gasteiger partial charge in [-0.25, -0.2) is 16.8 Å². The molecule has 1 amide bonds. The lowest BCUT2D eigenvalue weighted by atomic mass is 10.2. The lowest BCUT2D eigenvalue weighted by molar-refractivity contribution is -0.114. The van der Waals surface area contributed by atoms with Crippen LogP contribution in [-0.2, 0) is 29.6 Å². The van der Waals surface area contributed by atoms with Crippen LogP contribution in [0.2, 0.25) is 0 Å². The van der Waals surface area contributed by atoms with Crippen LogP contribution in [0.3, 0.4) is 0 Å². The van der Waals surface area contributed by atoms with Crippen molar-refractivity contribution < 1.29 is 40.6 Å². The number of hydrogen-bond acceptors (Lipinski definition) is 9. The fourth-order valence-electron chi connectivity index (χ4n) is 3.65. The zero-order valence-corrected chi connectivity index (χ0v) is 20.7. The number of carbonyl (C=O) groups is 1. The molecule has 2 aliphatic rings. The molecule has 2 aliphatic heterocycles. The number of amides is 1. The number of morpholine rings is 1. The molecule has 0 spiro atoms. The molecule has 0 saturated carbocycles. The summed E-state index contributed by atoms with van der Waals surface area (Å²) in [4.78, 5) is 12.7. The fourth-order valence-corrected chi connectivity index (χ4v) is 6.09. The van der Waals surface area contributed by atoms with Crippen LogP contribution in [0.1, 0.15) is 0 Å². The number of sulfonamides is 2. The Bertz CT molecular complexity index is 1320. The number of hydrogen-bond donors (Lipinski definition) is 1. The van der Waals surface area contributed by atoms with E-state index in [9.17, 15) is 21.6 Å². The zero-order valence-electron chi connectivity index (χ0n) is 19.1. The van der Waals surface area contributed by atoms with E-state index in [4.69, 9.17) is 18.9 Å². The minimum Gasteiger partial charge on any atom is -0.495 e. The SMILES string of the molecule is COc1ccc(NC(=O)CN(c2ccc3c(c2)OCO3)S(C)(=O)=O)cc1S(=O)(=O)N1CCOCC1. The highest BCUT2D eigenvalue weighted by molar-refractivity contribution is 7.92. The molecule has 0 bridgehead atoms. The smallest absolute Gasteiger partial charge is 0.246 e. The number of carbonyl (C=O) groups excluding carboxylic acids is 1. The quantitative estimate of drug-likeness (QED) is 0.529. The van der Waals surface area contributed by atoms with Crippen LogP contribution < -0.4 is 23.8 Å². The van der Waals surface area contributed by atoms with E-state index in [0.29, 0.717) is 11.5 Å². The van der Waals surface area contributed by atoms with Crippen molar-refractivity contribution in [1.29, 1.82) is 0 Å². The number of fused-ring (bicyclic) bond motifs is 1. The van der Waals surface area contributed by atoms with Crippen LogP contribution >= 0.6 is 0 Å². The predicted octanol–water partition coefficient (Wildman–Crippen LogP) is 0.850. The number of ether oxygens (including phenoxy) is 4. The summed E-state index contributed by atoms with van der Waals surface area (Å²) < 4.78 is 74.4. The van der Waals surface area contributed by atoms with E-state index in [0.717, 1.165) is 10.6 Å². The van der Waals surface area contributed by atoms with Gasteiger partial charge in [-0.3, -0.25) is 9.10 Å². The first-order chi connectivity index (χ1) is 16.6. The van der Waals surface area contributed by atoms with Gasteiger partial charge in [-0.2, -0.15) is 4.31 Å². The van der Waals surface area contributed by atoms with Gasteiger partial charge >= 0.3 is 0 Å². The number of rotatable bonds is 8. The summed E-state index contributed by atoms with van der Waals surface area (Å²) in [5.74, 6) is 0.282. The second-order valence-corrected chi connectivity index (χ2v) is 11.6. The number of nitrogens with one attached hydrogen (secondary N) is 1. The molecule has 35 heavy (non-hydrogen) atoms. The van der Waals surface area contributed by atoms with Crippen molar-refractivity contribution in [1.82, 2.24) is 4.31 Å². The molecule has 1 fully saturated rings. The minimum absolute atomic E-state index is 0.0192. The van der Waals surface area contributed by atoms with Crippen LogP contribution in [0.15, 0.2) is 41.3 Å². The van der Waals surface area contributed by atoms with Gasteiger partial charge in [0.05, 0.1) is 32.3 Å². The summed E-state index contributed by atoms with van der Waals surface area (Å²) in [7, 11) is -6.40. The topological polar surface area (TPSA) is 141 Å². The van der Waals surface area contributed by atoms with Crippen molar-refractivity contribution in [2.75, 3.05) is 62.6 Å². The normalized spacial score (nSPS) is 16.1. The summed E-state index contributed by atoms with van der Waals surface area (Å²) in [6.07, 6.45) is 0.977. The molecule has 1 N–H and O–H groups in total. The molecule has 190 valence electrons. The summed E-state index contributed by atoms with van der Waals surface area (Å²) in [6, 6.07) is 8.71. The maximum atomic E-state index is 13.2. The van der Waals surface area contributed by atoms with E-state index >= 15 is 0 Å². The van der Waals surface area contributed by atoms with Gasteiger partial charge in [0, 0.05) is 24.8 Å². The lowest BCUT2D eigenvalue weighted by Crippen LogP contribution is -2.40. The monoisotopic (exact) mass is 527 g/mol. The Kier molecular flexibility index (Phi) is 7.07. The van der Waals surface area contributed by atoms with Crippen molar-refractivity contribution in [2.24, 2.45) is 0 Å². The third-order valence-corrected chi connectivity index (χ3v) is 8.43. The molecule has 0 atom stereocenters. The van der Waals surface area contributed by atoms with Crippen LogP contribution in [0.4, 0.5) is 11.4 Å². The lowest BCUT2D eigenvalue weighted by Gasteiger charge is -2.27. The van der Waals surface area contributed by atoms with Gasteiger partial charge in [0.1, 0.15) is 17.2 Å². The van der Waals surface area contributed by atoms with E-state index in [-0.39, 0.29) is 55.1 Å². The second-order valence-electron chi connectivity index (χ2n) is 7.74. The van der Waals surface area contributed by atoms with Crippen molar-refractivity contribution in [3.8, 4) is 17.2 Å².